The van der Waals surface area contributed by atoms with E-state index in [4.69, 9.17) is 0 Å². The van der Waals surface area contributed by atoms with Crippen LogP contribution in [0.4, 0.5) is 0 Å². The Morgan fingerprint density at radius 2 is 1.20 bits per heavy atom. The fraction of sp³-hybridized carbons (Fsp3) is 0.867. The fourth-order valence-corrected chi connectivity index (χ4v) is 3.20. The van der Waals surface area contributed by atoms with E-state index in [0.717, 1.165) is 0 Å². The molecule has 0 aromatic rings. The standard InChI is InChI=1S/C15H28/c1-10-11(2)14(6,7)15(8,9)12(3)13(10,4)5/h12H,1-9H3. The molecule has 1 atom stereocenters. The minimum atomic E-state index is 0.312. The van der Waals surface area contributed by atoms with Gasteiger partial charge in [0.15, 0.2) is 0 Å². The van der Waals surface area contributed by atoms with E-state index in [9.17, 15) is 0 Å². The molecule has 0 aromatic carbocycles. The topological polar surface area (TPSA) is 0 Å². The largest absolute Gasteiger partial charge is 0.0679 e. The molecule has 0 aliphatic heterocycles. The Balaban J connectivity index is 3.48. The molecule has 0 N–H and O–H groups in total. The molecule has 0 heterocycles. The molecule has 88 valence electrons. The second kappa shape index (κ2) is 3.12. The summed E-state index contributed by atoms with van der Waals surface area (Å²) in [6, 6.07) is 0. The lowest BCUT2D eigenvalue weighted by Gasteiger charge is -2.58. The normalized spacial score (nSPS) is 33.0. The van der Waals surface area contributed by atoms with Crippen molar-refractivity contribution in [3.05, 3.63) is 11.1 Å². The third-order valence-corrected chi connectivity index (χ3v) is 6.24. The van der Waals surface area contributed by atoms with Crippen molar-refractivity contribution in [1.82, 2.24) is 0 Å². The summed E-state index contributed by atoms with van der Waals surface area (Å²) in [6.07, 6.45) is 0. The SMILES string of the molecule is CC1=C(C)C(C)(C)C(C)(C)C(C)C1(C)C. The zero-order valence-electron chi connectivity index (χ0n) is 12.1. The summed E-state index contributed by atoms with van der Waals surface area (Å²) in [5.74, 6) is 0.712. The van der Waals surface area contributed by atoms with Crippen LogP contribution >= 0.6 is 0 Å². The second-order valence-electron chi connectivity index (χ2n) is 7.04. The predicted octanol–water partition coefficient (Wildman–Crippen LogP) is 5.05. The summed E-state index contributed by atoms with van der Waals surface area (Å²) in [6.45, 7) is 21.5. The molecule has 1 aliphatic carbocycles. The van der Waals surface area contributed by atoms with Crippen LogP contribution in [-0.4, -0.2) is 0 Å². The third kappa shape index (κ3) is 1.40. The van der Waals surface area contributed by atoms with E-state index in [0.29, 0.717) is 22.2 Å². The van der Waals surface area contributed by atoms with Crippen LogP contribution in [0.25, 0.3) is 0 Å². The van der Waals surface area contributed by atoms with Gasteiger partial charge >= 0.3 is 0 Å². The summed E-state index contributed by atoms with van der Waals surface area (Å²) < 4.78 is 0. The van der Waals surface area contributed by atoms with Gasteiger partial charge in [0.05, 0.1) is 0 Å². The zero-order valence-corrected chi connectivity index (χ0v) is 12.1. The van der Waals surface area contributed by atoms with Crippen LogP contribution in [0.1, 0.15) is 62.3 Å². The van der Waals surface area contributed by atoms with E-state index in [-0.39, 0.29) is 0 Å². The van der Waals surface area contributed by atoms with Gasteiger partial charge in [-0.25, -0.2) is 0 Å². The van der Waals surface area contributed by atoms with Crippen molar-refractivity contribution in [2.45, 2.75) is 62.3 Å². The molecule has 0 saturated carbocycles. The van der Waals surface area contributed by atoms with Crippen LogP contribution in [0.2, 0.25) is 0 Å². The average Bonchev–Trinajstić information content (AvgIpc) is 2.12. The number of allylic oxidation sites excluding steroid dienone is 2. The molecule has 0 spiro atoms. The fourth-order valence-electron chi connectivity index (χ4n) is 3.20. The highest BCUT2D eigenvalue weighted by Gasteiger charge is 2.52. The summed E-state index contributed by atoms with van der Waals surface area (Å²) in [5, 5.41) is 0. The van der Waals surface area contributed by atoms with Gasteiger partial charge in [-0.1, -0.05) is 59.6 Å². The summed E-state index contributed by atoms with van der Waals surface area (Å²) in [4.78, 5) is 0. The molecule has 15 heavy (non-hydrogen) atoms. The Morgan fingerprint density at radius 1 is 0.800 bits per heavy atom. The number of rotatable bonds is 0. The highest BCUT2D eigenvalue weighted by atomic mass is 14.6. The van der Waals surface area contributed by atoms with Gasteiger partial charge < -0.3 is 0 Å². The van der Waals surface area contributed by atoms with Gasteiger partial charge in [0.25, 0.3) is 0 Å². The summed E-state index contributed by atoms with van der Waals surface area (Å²) in [5.41, 5.74) is 4.20. The van der Waals surface area contributed by atoms with Gasteiger partial charge in [-0.15, -0.1) is 0 Å². The van der Waals surface area contributed by atoms with Crippen molar-refractivity contribution < 1.29 is 0 Å². The smallest absolute Gasteiger partial charge is 0.00907 e. The monoisotopic (exact) mass is 208 g/mol. The van der Waals surface area contributed by atoms with Gasteiger partial charge in [0, 0.05) is 0 Å². The molecule has 1 rings (SSSR count). The molecular formula is C15H28. The highest BCUT2D eigenvalue weighted by Crippen LogP contribution is 2.61. The van der Waals surface area contributed by atoms with E-state index >= 15 is 0 Å². The van der Waals surface area contributed by atoms with Crippen molar-refractivity contribution >= 4 is 0 Å². The van der Waals surface area contributed by atoms with E-state index in [2.05, 4.69) is 62.3 Å². The minimum absolute atomic E-state index is 0.312. The van der Waals surface area contributed by atoms with Crippen molar-refractivity contribution in [3.8, 4) is 0 Å². The Kier molecular flexibility index (Phi) is 2.66. The van der Waals surface area contributed by atoms with Gasteiger partial charge in [-0.3, -0.25) is 0 Å². The number of hydrogen-bond acceptors (Lipinski definition) is 0. The first-order valence-electron chi connectivity index (χ1n) is 6.15. The van der Waals surface area contributed by atoms with Crippen LogP contribution in [0, 0.1) is 22.2 Å². The first-order chi connectivity index (χ1) is 6.47. The first-order valence-corrected chi connectivity index (χ1v) is 6.15. The summed E-state index contributed by atoms with van der Waals surface area (Å²) >= 11 is 0. The van der Waals surface area contributed by atoms with Crippen LogP contribution in [-0.2, 0) is 0 Å². The molecule has 0 aromatic heterocycles. The maximum Gasteiger partial charge on any atom is -0.00907 e. The average molecular weight is 208 g/mol. The van der Waals surface area contributed by atoms with Gasteiger partial charge in [-0.05, 0) is 36.0 Å². The van der Waals surface area contributed by atoms with Crippen LogP contribution in [0.5, 0.6) is 0 Å². The Bertz CT molecular complexity index is 300. The Morgan fingerprint density at radius 3 is 1.60 bits per heavy atom. The van der Waals surface area contributed by atoms with Crippen LogP contribution in [0.15, 0.2) is 11.1 Å². The molecule has 0 amide bonds. The highest BCUT2D eigenvalue weighted by molar-refractivity contribution is 5.31. The van der Waals surface area contributed by atoms with E-state index in [1.54, 1.807) is 11.1 Å². The van der Waals surface area contributed by atoms with Gasteiger partial charge in [0.2, 0.25) is 0 Å². The van der Waals surface area contributed by atoms with Crippen molar-refractivity contribution in [1.29, 1.82) is 0 Å². The van der Waals surface area contributed by atoms with Gasteiger partial charge in [-0.2, -0.15) is 0 Å². The maximum absolute atomic E-state index is 2.43. The van der Waals surface area contributed by atoms with E-state index < -0.39 is 0 Å². The maximum atomic E-state index is 2.43. The molecule has 0 fully saturated rings. The lowest BCUT2D eigenvalue weighted by atomic mass is 9.47. The minimum Gasteiger partial charge on any atom is -0.0679 e. The van der Waals surface area contributed by atoms with Crippen molar-refractivity contribution in [2.75, 3.05) is 0 Å². The van der Waals surface area contributed by atoms with Gasteiger partial charge in [0.1, 0.15) is 0 Å². The zero-order chi connectivity index (χ0) is 12.2. The molecule has 1 aliphatic rings. The first kappa shape index (κ1) is 12.8. The Labute approximate surface area is 96.2 Å². The molecular weight excluding hydrogens is 180 g/mol. The van der Waals surface area contributed by atoms with Crippen molar-refractivity contribution in [2.24, 2.45) is 22.2 Å². The molecule has 0 saturated heterocycles. The Hall–Kier alpha value is -0.260. The van der Waals surface area contributed by atoms with Crippen LogP contribution < -0.4 is 0 Å². The van der Waals surface area contributed by atoms with Crippen LogP contribution in [0.3, 0.4) is 0 Å². The molecule has 0 bridgehead atoms. The quantitative estimate of drug-likeness (QED) is 0.489. The number of hydrogen-bond donors (Lipinski definition) is 0. The third-order valence-electron chi connectivity index (χ3n) is 6.24. The molecule has 0 nitrogen and oxygen atoms in total. The van der Waals surface area contributed by atoms with E-state index in [1.807, 2.05) is 0 Å². The molecule has 0 radical (unpaired) electrons. The molecule has 0 heteroatoms. The lowest BCUT2D eigenvalue weighted by molar-refractivity contribution is -0.00107. The summed E-state index contributed by atoms with van der Waals surface area (Å²) in [7, 11) is 0. The lowest BCUT2D eigenvalue weighted by Crippen LogP contribution is -2.49. The second-order valence-corrected chi connectivity index (χ2v) is 7.04. The predicted molar refractivity (Wildman–Crippen MR) is 68.9 cm³/mol. The van der Waals surface area contributed by atoms with Crippen molar-refractivity contribution in [3.63, 3.8) is 0 Å². The molecule has 1 unspecified atom stereocenters. The van der Waals surface area contributed by atoms with E-state index in [1.165, 1.54) is 0 Å².